The Labute approximate surface area is 106 Å². The fraction of sp³-hybridized carbons (Fsp3) is 0.417. The number of rotatable bonds is 2. The number of nitrogens with one attached hydrogen (secondary N) is 1. The molecule has 1 unspecified atom stereocenters. The number of nitrogens with zero attached hydrogens (tertiary/aromatic N) is 5. The second-order valence-electron chi connectivity index (χ2n) is 4.57. The largest absolute Gasteiger partial charge is 0.381 e. The van der Waals surface area contributed by atoms with Crippen molar-refractivity contribution in [1.82, 2.24) is 20.2 Å². The Bertz CT molecular complexity index is 549. The first-order valence-electron chi connectivity index (χ1n) is 6.06. The molecule has 0 aliphatic carbocycles. The van der Waals surface area contributed by atoms with E-state index in [1.165, 1.54) is 16.2 Å². The second-order valence-corrected chi connectivity index (χ2v) is 4.57. The molecule has 0 spiro atoms. The molecule has 0 saturated carbocycles. The van der Waals surface area contributed by atoms with Crippen molar-refractivity contribution in [2.24, 2.45) is 7.05 Å². The van der Waals surface area contributed by atoms with Crippen LogP contribution in [0, 0.1) is 0 Å². The smallest absolute Gasteiger partial charge is 0.193 e. The number of hydrogen-bond donors (Lipinski definition) is 1. The number of anilines is 2. The van der Waals surface area contributed by atoms with Crippen molar-refractivity contribution in [3.8, 4) is 0 Å². The van der Waals surface area contributed by atoms with Crippen LogP contribution in [0.5, 0.6) is 0 Å². The van der Waals surface area contributed by atoms with Gasteiger partial charge in [0.05, 0.1) is 25.0 Å². The van der Waals surface area contributed by atoms with Crippen LogP contribution >= 0.6 is 0 Å². The van der Waals surface area contributed by atoms with Gasteiger partial charge in [-0.25, -0.2) is 0 Å². The summed E-state index contributed by atoms with van der Waals surface area (Å²) in [6.07, 6.45) is 0. The Balaban J connectivity index is 1.91. The summed E-state index contributed by atoms with van der Waals surface area (Å²) < 4.78 is 0. The number of hydrogen-bond acceptors (Lipinski definition) is 5. The van der Waals surface area contributed by atoms with E-state index >= 15 is 0 Å². The summed E-state index contributed by atoms with van der Waals surface area (Å²) >= 11 is 0. The highest BCUT2D eigenvalue weighted by atomic mass is 15.6. The summed E-state index contributed by atoms with van der Waals surface area (Å²) in [6.45, 7) is 3.81. The highest BCUT2D eigenvalue weighted by molar-refractivity contribution is 5.72. The Morgan fingerprint density at radius 2 is 2.22 bits per heavy atom. The van der Waals surface area contributed by atoms with Gasteiger partial charge in [-0.1, -0.05) is 12.1 Å². The van der Waals surface area contributed by atoms with Crippen LogP contribution in [0.2, 0.25) is 0 Å². The minimum Gasteiger partial charge on any atom is -0.381 e. The predicted octanol–water partition coefficient (Wildman–Crippen LogP) is 1.03. The van der Waals surface area contributed by atoms with Crippen molar-refractivity contribution >= 4 is 11.4 Å². The summed E-state index contributed by atoms with van der Waals surface area (Å²) in [5.74, 6) is 0.751. The van der Waals surface area contributed by atoms with Crippen LogP contribution in [-0.4, -0.2) is 32.8 Å². The van der Waals surface area contributed by atoms with Crippen LogP contribution < -0.4 is 10.2 Å². The van der Waals surface area contributed by atoms with Crippen molar-refractivity contribution < 1.29 is 0 Å². The third kappa shape index (κ3) is 1.90. The number of aromatic nitrogens is 4. The standard InChI is InChI=1S/C12H16N6/c1-9-7-13-10-5-3-4-6-11(10)18(9)8-12-14-16-17(2)15-12/h3-6,9,13H,7-8H2,1-2H3. The molecule has 0 saturated heterocycles. The molecule has 1 aliphatic heterocycles. The van der Waals surface area contributed by atoms with Crippen LogP contribution in [0.1, 0.15) is 12.7 Å². The lowest BCUT2D eigenvalue weighted by atomic mass is 10.1. The molecule has 6 heteroatoms. The van der Waals surface area contributed by atoms with E-state index in [9.17, 15) is 0 Å². The first-order chi connectivity index (χ1) is 8.74. The van der Waals surface area contributed by atoms with Gasteiger partial charge < -0.3 is 10.2 Å². The molecular weight excluding hydrogens is 228 g/mol. The summed E-state index contributed by atoms with van der Waals surface area (Å²) in [5.41, 5.74) is 2.36. The van der Waals surface area contributed by atoms with Gasteiger partial charge in [0.1, 0.15) is 0 Å². The topological polar surface area (TPSA) is 58.9 Å². The second kappa shape index (κ2) is 4.29. The molecule has 1 aliphatic rings. The number of tetrazole rings is 1. The first-order valence-corrected chi connectivity index (χ1v) is 6.06. The molecule has 1 N–H and O–H groups in total. The lowest BCUT2D eigenvalue weighted by Crippen LogP contribution is -2.41. The maximum absolute atomic E-state index is 4.24. The lowest BCUT2D eigenvalue weighted by Gasteiger charge is -2.36. The van der Waals surface area contributed by atoms with E-state index < -0.39 is 0 Å². The fourth-order valence-electron chi connectivity index (χ4n) is 2.26. The third-order valence-electron chi connectivity index (χ3n) is 3.19. The van der Waals surface area contributed by atoms with Gasteiger partial charge in [-0.05, 0) is 24.3 Å². The normalized spacial score (nSPS) is 18.3. The molecule has 1 aromatic heterocycles. The van der Waals surface area contributed by atoms with E-state index in [1.807, 2.05) is 6.07 Å². The van der Waals surface area contributed by atoms with Crippen molar-refractivity contribution in [2.45, 2.75) is 19.5 Å². The average Bonchev–Trinajstić information content (AvgIpc) is 2.79. The van der Waals surface area contributed by atoms with E-state index in [2.05, 4.69) is 50.8 Å². The molecule has 0 bridgehead atoms. The molecular formula is C12H16N6. The van der Waals surface area contributed by atoms with Gasteiger partial charge in [-0.2, -0.15) is 4.80 Å². The lowest BCUT2D eigenvalue weighted by molar-refractivity contribution is 0.612. The molecule has 2 aromatic rings. The maximum Gasteiger partial charge on any atom is 0.193 e. The van der Waals surface area contributed by atoms with E-state index in [1.54, 1.807) is 7.05 Å². The summed E-state index contributed by atoms with van der Waals surface area (Å²) in [5, 5.41) is 15.6. The number of aryl methyl sites for hydroxylation is 1. The van der Waals surface area contributed by atoms with Gasteiger partial charge in [0.2, 0.25) is 0 Å². The SMILES string of the molecule is CC1CNc2ccccc2N1Cc1nnn(C)n1. The van der Waals surface area contributed by atoms with E-state index in [-0.39, 0.29) is 0 Å². The number of benzene rings is 1. The summed E-state index contributed by atoms with van der Waals surface area (Å²) in [7, 11) is 1.78. The fourth-order valence-corrected chi connectivity index (χ4v) is 2.26. The average molecular weight is 244 g/mol. The van der Waals surface area contributed by atoms with E-state index in [0.29, 0.717) is 12.6 Å². The van der Waals surface area contributed by atoms with Gasteiger partial charge in [-0.15, -0.1) is 10.2 Å². The minimum absolute atomic E-state index is 0.406. The Hall–Kier alpha value is -2.11. The Kier molecular flexibility index (Phi) is 2.62. The molecule has 2 heterocycles. The van der Waals surface area contributed by atoms with E-state index in [0.717, 1.165) is 12.4 Å². The third-order valence-corrected chi connectivity index (χ3v) is 3.19. The van der Waals surface area contributed by atoms with Crippen LogP contribution in [0.4, 0.5) is 11.4 Å². The van der Waals surface area contributed by atoms with E-state index in [4.69, 9.17) is 0 Å². The Morgan fingerprint density at radius 1 is 1.39 bits per heavy atom. The van der Waals surface area contributed by atoms with Crippen molar-refractivity contribution in [1.29, 1.82) is 0 Å². The maximum atomic E-state index is 4.24. The highest BCUT2D eigenvalue weighted by Gasteiger charge is 2.23. The quantitative estimate of drug-likeness (QED) is 0.855. The van der Waals surface area contributed by atoms with Crippen molar-refractivity contribution in [2.75, 3.05) is 16.8 Å². The molecule has 94 valence electrons. The van der Waals surface area contributed by atoms with Crippen molar-refractivity contribution in [3.63, 3.8) is 0 Å². The highest BCUT2D eigenvalue weighted by Crippen LogP contribution is 2.31. The molecule has 3 rings (SSSR count). The number of fused-ring (bicyclic) bond motifs is 1. The molecule has 0 radical (unpaired) electrons. The zero-order valence-electron chi connectivity index (χ0n) is 10.5. The van der Waals surface area contributed by atoms with Crippen LogP contribution in [0.15, 0.2) is 24.3 Å². The van der Waals surface area contributed by atoms with Gasteiger partial charge in [-0.3, -0.25) is 0 Å². The molecule has 0 fully saturated rings. The van der Waals surface area contributed by atoms with Crippen LogP contribution in [0.3, 0.4) is 0 Å². The zero-order valence-corrected chi connectivity index (χ0v) is 10.5. The number of para-hydroxylation sites is 2. The van der Waals surface area contributed by atoms with Gasteiger partial charge in [0.15, 0.2) is 5.82 Å². The molecule has 18 heavy (non-hydrogen) atoms. The predicted molar refractivity (Wildman–Crippen MR) is 69.4 cm³/mol. The molecule has 1 aromatic carbocycles. The van der Waals surface area contributed by atoms with Gasteiger partial charge in [0.25, 0.3) is 0 Å². The molecule has 1 atom stereocenters. The summed E-state index contributed by atoms with van der Waals surface area (Å²) in [4.78, 5) is 3.80. The molecule has 0 amide bonds. The van der Waals surface area contributed by atoms with Crippen molar-refractivity contribution in [3.05, 3.63) is 30.1 Å². The summed E-state index contributed by atoms with van der Waals surface area (Å²) in [6, 6.07) is 8.71. The molecule has 6 nitrogen and oxygen atoms in total. The van der Waals surface area contributed by atoms with Crippen LogP contribution in [0.25, 0.3) is 0 Å². The Morgan fingerprint density at radius 3 is 3.00 bits per heavy atom. The first kappa shape index (κ1) is 11.0. The monoisotopic (exact) mass is 244 g/mol. The zero-order chi connectivity index (χ0) is 12.5. The van der Waals surface area contributed by atoms with Crippen LogP contribution in [-0.2, 0) is 13.6 Å². The minimum atomic E-state index is 0.406. The van der Waals surface area contributed by atoms with Gasteiger partial charge >= 0.3 is 0 Å². The van der Waals surface area contributed by atoms with Gasteiger partial charge in [0, 0.05) is 12.6 Å².